The molecule has 178 valence electrons. The summed E-state index contributed by atoms with van der Waals surface area (Å²) in [5.41, 5.74) is 1.47. The minimum Gasteiger partial charge on any atom is -0.497 e. The van der Waals surface area contributed by atoms with E-state index in [0.29, 0.717) is 12.1 Å². The van der Waals surface area contributed by atoms with Crippen LogP contribution in [-0.2, 0) is 10.0 Å². The van der Waals surface area contributed by atoms with Crippen LogP contribution in [0.25, 0.3) is 0 Å². The van der Waals surface area contributed by atoms with Crippen LogP contribution in [0.1, 0.15) is 25.0 Å². The molecule has 8 heteroatoms. The molecular weight excluding hydrogens is 440 g/mol. The maximum Gasteiger partial charge on any atom is 0.247 e. The van der Waals surface area contributed by atoms with Crippen molar-refractivity contribution in [1.29, 1.82) is 0 Å². The first-order chi connectivity index (χ1) is 15.6. The van der Waals surface area contributed by atoms with Gasteiger partial charge in [0.2, 0.25) is 10.0 Å². The molecule has 0 radical (unpaired) electrons. The van der Waals surface area contributed by atoms with Crippen molar-refractivity contribution in [3.8, 4) is 23.3 Å². The van der Waals surface area contributed by atoms with Gasteiger partial charge in [-0.2, -0.15) is 4.31 Å². The van der Waals surface area contributed by atoms with Gasteiger partial charge in [-0.15, -0.1) is 0 Å². The molecule has 1 aliphatic heterocycles. The fourth-order valence-corrected chi connectivity index (χ4v) is 5.53. The quantitative estimate of drug-likeness (QED) is 0.674. The third-order valence-corrected chi connectivity index (χ3v) is 7.67. The number of fused-ring (bicyclic) bond motifs is 1. The van der Waals surface area contributed by atoms with Gasteiger partial charge in [0.15, 0.2) is 0 Å². The standard InChI is InChI=1S/C25H32N2O5S/c1-18-15-27(19(2)17-28)33(29,30)25-13-10-21(14-23(25)32-24(18)16-26(3)4)7-6-20-8-11-22(31-5)12-9-20/h8-14,18-19,24,28H,15-17H2,1-5H3/t18-,19+,24-/m0/s1. The van der Waals surface area contributed by atoms with Crippen LogP contribution in [0.5, 0.6) is 11.5 Å². The topological polar surface area (TPSA) is 79.3 Å². The molecule has 2 aromatic rings. The average molecular weight is 473 g/mol. The zero-order chi connectivity index (χ0) is 24.2. The number of aliphatic hydroxyl groups is 1. The van der Waals surface area contributed by atoms with Crippen LogP contribution < -0.4 is 9.47 Å². The molecule has 2 aromatic carbocycles. The first-order valence-electron chi connectivity index (χ1n) is 10.9. The fourth-order valence-electron chi connectivity index (χ4n) is 3.70. The molecule has 1 N–H and O–H groups in total. The van der Waals surface area contributed by atoms with Gasteiger partial charge in [-0.25, -0.2) is 8.42 Å². The first kappa shape index (κ1) is 25.1. The highest BCUT2D eigenvalue weighted by atomic mass is 32.2. The predicted molar refractivity (Wildman–Crippen MR) is 128 cm³/mol. The minimum absolute atomic E-state index is 0.0848. The van der Waals surface area contributed by atoms with Crippen molar-refractivity contribution in [3.05, 3.63) is 53.6 Å². The van der Waals surface area contributed by atoms with Crippen molar-refractivity contribution in [2.75, 3.05) is 40.9 Å². The molecule has 1 heterocycles. The van der Waals surface area contributed by atoms with Gasteiger partial charge in [-0.1, -0.05) is 18.8 Å². The summed E-state index contributed by atoms with van der Waals surface area (Å²) in [5.74, 6) is 7.14. The van der Waals surface area contributed by atoms with Crippen molar-refractivity contribution in [2.24, 2.45) is 5.92 Å². The Hall–Kier alpha value is -2.57. The molecule has 0 aliphatic carbocycles. The largest absolute Gasteiger partial charge is 0.497 e. The van der Waals surface area contributed by atoms with E-state index in [2.05, 4.69) is 11.8 Å². The van der Waals surface area contributed by atoms with Crippen LogP contribution in [0.2, 0.25) is 0 Å². The summed E-state index contributed by atoms with van der Waals surface area (Å²) < 4.78 is 39.8. The van der Waals surface area contributed by atoms with E-state index >= 15 is 0 Å². The molecule has 0 saturated heterocycles. The van der Waals surface area contributed by atoms with Gasteiger partial charge in [-0.05, 0) is 63.5 Å². The molecule has 0 fully saturated rings. The number of hydrogen-bond acceptors (Lipinski definition) is 6. The number of aliphatic hydroxyl groups excluding tert-OH is 1. The highest BCUT2D eigenvalue weighted by Crippen LogP contribution is 2.34. The summed E-state index contributed by atoms with van der Waals surface area (Å²) in [5, 5.41) is 9.71. The maximum absolute atomic E-state index is 13.5. The number of methoxy groups -OCH3 is 1. The van der Waals surface area contributed by atoms with Crippen LogP contribution in [0.3, 0.4) is 0 Å². The molecular formula is C25H32N2O5S. The Balaban J connectivity index is 2.04. The first-order valence-corrected chi connectivity index (χ1v) is 12.3. The average Bonchev–Trinajstić information content (AvgIpc) is 2.79. The molecule has 7 nitrogen and oxygen atoms in total. The number of hydrogen-bond donors (Lipinski definition) is 1. The maximum atomic E-state index is 13.5. The molecule has 33 heavy (non-hydrogen) atoms. The normalized spacial score (nSPS) is 21.1. The van der Waals surface area contributed by atoms with Crippen LogP contribution in [0.4, 0.5) is 0 Å². The highest BCUT2D eigenvalue weighted by molar-refractivity contribution is 7.89. The Morgan fingerprint density at radius 3 is 2.42 bits per heavy atom. The third-order valence-electron chi connectivity index (χ3n) is 5.65. The Kier molecular flexibility index (Phi) is 8.03. The van der Waals surface area contributed by atoms with Gasteiger partial charge < -0.3 is 19.5 Å². The Labute approximate surface area is 197 Å². The van der Waals surface area contributed by atoms with Crippen LogP contribution in [0, 0.1) is 17.8 Å². The second-order valence-corrected chi connectivity index (χ2v) is 10.5. The summed E-state index contributed by atoms with van der Waals surface area (Å²) in [6.45, 7) is 4.32. The van der Waals surface area contributed by atoms with E-state index in [1.165, 1.54) is 4.31 Å². The summed E-state index contributed by atoms with van der Waals surface area (Å²) in [4.78, 5) is 2.11. The summed E-state index contributed by atoms with van der Waals surface area (Å²) in [6.07, 6.45) is -0.229. The van der Waals surface area contributed by atoms with Crippen molar-refractivity contribution in [2.45, 2.75) is 30.9 Å². The SMILES string of the molecule is COc1ccc(C#Cc2ccc3c(c2)O[C@@H](CN(C)C)[C@@H](C)CN([C@H](C)CO)S3(=O)=O)cc1. The number of sulfonamides is 1. The Morgan fingerprint density at radius 2 is 1.82 bits per heavy atom. The van der Waals surface area contributed by atoms with Crippen molar-refractivity contribution < 1.29 is 23.0 Å². The van der Waals surface area contributed by atoms with Crippen molar-refractivity contribution in [1.82, 2.24) is 9.21 Å². The molecule has 0 aromatic heterocycles. The second-order valence-electron chi connectivity index (χ2n) is 8.64. The van der Waals surface area contributed by atoms with Crippen molar-refractivity contribution in [3.63, 3.8) is 0 Å². The fraction of sp³-hybridized carbons (Fsp3) is 0.440. The Bertz CT molecular complexity index is 1120. The number of benzene rings is 2. The van der Waals surface area contributed by atoms with Gasteiger partial charge in [-0.3, -0.25) is 0 Å². The zero-order valence-electron chi connectivity index (χ0n) is 19.8. The molecule has 1 aliphatic rings. The second kappa shape index (κ2) is 10.6. The lowest BCUT2D eigenvalue weighted by Gasteiger charge is -2.37. The summed E-state index contributed by atoms with van der Waals surface area (Å²) in [7, 11) is 1.66. The van der Waals surface area contributed by atoms with E-state index in [-0.39, 0.29) is 35.8 Å². The number of nitrogens with zero attached hydrogens (tertiary/aromatic N) is 2. The minimum atomic E-state index is -3.86. The van der Waals surface area contributed by atoms with Gasteiger partial charge in [0.05, 0.1) is 13.7 Å². The smallest absolute Gasteiger partial charge is 0.247 e. The van der Waals surface area contributed by atoms with Gasteiger partial charge in [0.1, 0.15) is 22.5 Å². The third kappa shape index (κ3) is 5.87. The monoisotopic (exact) mass is 472 g/mol. The van der Waals surface area contributed by atoms with Gasteiger partial charge in [0.25, 0.3) is 0 Å². The number of likely N-dealkylation sites (N-methyl/N-ethyl adjacent to an activating group) is 1. The van der Waals surface area contributed by atoms with Gasteiger partial charge >= 0.3 is 0 Å². The zero-order valence-corrected chi connectivity index (χ0v) is 20.6. The molecule has 0 unspecified atom stereocenters. The van der Waals surface area contributed by atoms with E-state index in [1.807, 2.05) is 50.2 Å². The van der Waals surface area contributed by atoms with E-state index in [0.717, 1.165) is 11.3 Å². The lowest BCUT2D eigenvalue weighted by Crippen LogP contribution is -2.49. The van der Waals surface area contributed by atoms with E-state index in [9.17, 15) is 13.5 Å². The molecule has 0 saturated carbocycles. The van der Waals surface area contributed by atoms with E-state index < -0.39 is 16.1 Å². The molecule has 3 atom stereocenters. The molecule has 0 amide bonds. The van der Waals surface area contributed by atoms with Crippen molar-refractivity contribution >= 4 is 10.0 Å². The van der Waals surface area contributed by atoms with Crippen LogP contribution >= 0.6 is 0 Å². The Morgan fingerprint density at radius 1 is 1.18 bits per heavy atom. The summed E-state index contributed by atoms with van der Waals surface area (Å²) >= 11 is 0. The summed E-state index contributed by atoms with van der Waals surface area (Å²) in [6, 6.07) is 11.8. The molecule has 3 rings (SSSR count). The van der Waals surface area contributed by atoms with Crippen LogP contribution in [0.15, 0.2) is 47.4 Å². The highest BCUT2D eigenvalue weighted by Gasteiger charge is 2.37. The number of rotatable bonds is 5. The predicted octanol–water partition coefficient (Wildman–Crippen LogP) is 2.43. The molecule has 0 spiro atoms. The van der Waals surface area contributed by atoms with E-state index in [1.54, 1.807) is 32.2 Å². The lowest BCUT2D eigenvalue weighted by atomic mass is 10.0. The number of ether oxygens (including phenoxy) is 2. The lowest BCUT2D eigenvalue weighted by molar-refractivity contribution is 0.0812. The van der Waals surface area contributed by atoms with E-state index in [4.69, 9.17) is 9.47 Å². The van der Waals surface area contributed by atoms with Crippen LogP contribution in [-0.4, -0.2) is 75.8 Å². The van der Waals surface area contributed by atoms with Gasteiger partial charge in [0, 0.05) is 36.2 Å². The molecule has 0 bridgehead atoms.